The van der Waals surface area contributed by atoms with Gasteiger partial charge in [0.2, 0.25) is 5.91 Å². The van der Waals surface area contributed by atoms with E-state index in [9.17, 15) is 4.79 Å². The van der Waals surface area contributed by atoms with E-state index in [0.29, 0.717) is 5.91 Å². The molecule has 1 fully saturated rings. The highest BCUT2D eigenvalue weighted by Gasteiger charge is 2.36. The molecule has 0 aromatic carbocycles. The van der Waals surface area contributed by atoms with Gasteiger partial charge in [-0.1, -0.05) is 48.5 Å². The van der Waals surface area contributed by atoms with Crippen molar-refractivity contribution in [1.29, 1.82) is 0 Å². The SMILES string of the molecule is CN(CCCCCBr)C(=O)C1(C)CCCCC1. The van der Waals surface area contributed by atoms with Crippen LogP contribution < -0.4 is 0 Å². The zero-order chi connectivity index (χ0) is 12.7. The lowest BCUT2D eigenvalue weighted by Crippen LogP contribution is -2.41. The Kier molecular flexibility index (Phi) is 6.53. The highest BCUT2D eigenvalue weighted by molar-refractivity contribution is 9.09. The number of hydrogen-bond acceptors (Lipinski definition) is 1. The molecule has 0 saturated heterocycles. The maximum absolute atomic E-state index is 12.4. The third-order valence-corrected chi connectivity index (χ3v) is 4.51. The Labute approximate surface area is 114 Å². The number of carbonyl (C=O) groups is 1. The summed E-state index contributed by atoms with van der Waals surface area (Å²) in [7, 11) is 1.97. The molecule has 1 aliphatic carbocycles. The van der Waals surface area contributed by atoms with E-state index in [0.717, 1.165) is 31.1 Å². The molecule has 0 bridgehead atoms. The van der Waals surface area contributed by atoms with Gasteiger partial charge in [-0.2, -0.15) is 0 Å². The number of halogens is 1. The van der Waals surface area contributed by atoms with E-state index < -0.39 is 0 Å². The van der Waals surface area contributed by atoms with E-state index >= 15 is 0 Å². The first kappa shape index (κ1) is 15.0. The van der Waals surface area contributed by atoms with Crippen LogP contribution in [-0.4, -0.2) is 29.7 Å². The fraction of sp³-hybridized carbons (Fsp3) is 0.929. The van der Waals surface area contributed by atoms with Crippen molar-refractivity contribution in [3.05, 3.63) is 0 Å². The Balaban J connectivity index is 2.34. The van der Waals surface area contributed by atoms with Crippen molar-refractivity contribution in [2.75, 3.05) is 18.9 Å². The number of carbonyl (C=O) groups excluding carboxylic acids is 1. The minimum absolute atomic E-state index is 0.0670. The summed E-state index contributed by atoms with van der Waals surface area (Å²) in [6.45, 7) is 3.07. The predicted octanol–water partition coefficient (Wildman–Crippen LogP) is 3.98. The smallest absolute Gasteiger partial charge is 0.228 e. The summed E-state index contributed by atoms with van der Waals surface area (Å²) in [6.07, 6.45) is 9.45. The van der Waals surface area contributed by atoms with Gasteiger partial charge in [-0.15, -0.1) is 0 Å². The highest BCUT2D eigenvalue weighted by atomic mass is 79.9. The van der Waals surface area contributed by atoms with Gasteiger partial charge in [0.05, 0.1) is 0 Å². The van der Waals surface area contributed by atoms with Gasteiger partial charge in [0, 0.05) is 24.3 Å². The summed E-state index contributed by atoms with van der Waals surface area (Å²) in [5.41, 5.74) is -0.0670. The largest absolute Gasteiger partial charge is 0.345 e. The summed E-state index contributed by atoms with van der Waals surface area (Å²) in [5.74, 6) is 0.371. The quantitative estimate of drug-likeness (QED) is 0.537. The van der Waals surface area contributed by atoms with Crippen molar-refractivity contribution >= 4 is 21.8 Å². The first-order valence-electron chi connectivity index (χ1n) is 6.92. The van der Waals surface area contributed by atoms with Crippen LogP contribution in [0, 0.1) is 5.41 Å². The van der Waals surface area contributed by atoms with Gasteiger partial charge < -0.3 is 4.90 Å². The number of hydrogen-bond donors (Lipinski definition) is 0. The van der Waals surface area contributed by atoms with Gasteiger partial charge in [-0.3, -0.25) is 4.79 Å². The average molecular weight is 304 g/mol. The highest BCUT2D eigenvalue weighted by Crippen LogP contribution is 2.37. The van der Waals surface area contributed by atoms with Crippen LogP contribution in [0.5, 0.6) is 0 Å². The zero-order valence-electron chi connectivity index (χ0n) is 11.3. The third-order valence-electron chi connectivity index (χ3n) is 3.95. The lowest BCUT2D eigenvalue weighted by atomic mass is 9.74. The van der Waals surface area contributed by atoms with E-state index in [1.54, 1.807) is 0 Å². The lowest BCUT2D eigenvalue weighted by Gasteiger charge is -2.35. The Hall–Kier alpha value is -0.0500. The predicted molar refractivity (Wildman–Crippen MR) is 76.5 cm³/mol. The summed E-state index contributed by atoms with van der Waals surface area (Å²) in [6, 6.07) is 0. The van der Waals surface area contributed by atoms with Crippen LogP contribution in [-0.2, 0) is 4.79 Å². The molecule has 0 N–H and O–H groups in total. The molecule has 0 unspecified atom stereocenters. The Morgan fingerprint density at radius 1 is 1.18 bits per heavy atom. The van der Waals surface area contributed by atoms with Crippen LogP contribution in [0.25, 0.3) is 0 Å². The molecule has 1 aliphatic rings. The van der Waals surface area contributed by atoms with Gasteiger partial charge in [0.1, 0.15) is 0 Å². The summed E-state index contributed by atoms with van der Waals surface area (Å²) < 4.78 is 0. The molecule has 0 spiro atoms. The number of nitrogens with zero attached hydrogens (tertiary/aromatic N) is 1. The fourth-order valence-corrected chi connectivity index (χ4v) is 3.13. The second-order valence-electron chi connectivity index (χ2n) is 5.60. The lowest BCUT2D eigenvalue weighted by molar-refractivity contribution is -0.141. The number of unbranched alkanes of at least 4 members (excludes halogenated alkanes) is 2. The Morgan fingerprint density at radius 2 is 1.82 bits per heavy atom. The molecule has 0 radical (unpaired) electrons. The molecule has 0 atom stereocenters. The van der Waals surface area contributed by atoms with Gasteiger partial charge in [0.25, 0.3) is 0 Å². The number of amides is 1. The Morgan fingerprint density at radius 3 is 2.41 bits per heavy atom. The Bertz CT molecular complexity index is 236. The molecule has 0 aromatic heterocycles. The summed E-state index contributed by atoms with van der Waals surface area (Å²) in [5, 5.41) is 1.07. The van der Waals surface area contributed by atoms with Gasteiger partial charge >= 0.3 is 0 Å². The van der Waals surface area contributed by atoms with Gasteiger partial charge in [-0.05, 0) is 25.7 Å². The zero-order valence-corrected chi connectivity index (χ0v) is 12.9. The molecule has 0 aromatic rings. The van der Waals surface area contributed by atoms with E-state index in [4.69, 9.17) is 0 Å². The topological polar surface area (TPSA) is 20.3 Å². The van der Waals surface area contributed by atoms with Crippen LogP contribution in [0.15, 0.2) is 0 Å². The molecule has 0 heterocycles. The number of rotatable bonds is 6. The van der Waals surface area contributed by atoms with Crippen LogP contribution >= 0.6 is 15.9 Å². The molecule has 1 amide bonds. The van der Waals surface area contributed by atoms with E-state index in [2.05, 4.69) is 22.9 Å². The van der Waals surface area contributed by atoms with Gasteiger partial charge in [-0.25, -0.2) is 0 Å². The standard InChI is InChI=1S/C14H26BrNO/c1-14(9-5-3-6-10-14)13(17)16(2)12-8-4-7-11-15/h3-12H2,1-2H3. The molecule has 1 saturated carbocycles. The third kappa shape index (κ3) is 4.61. The van der Waals surface area contributed by atoms with Crippen LogP contribution in [0.3, 0.4) is 0 Å². The normalized spacial score (nSPS) is 19.0. The maximum Gasteiger partial charge on any atom is 0.228 e. The van der Waals surface area contributed by atoms with E-state index in [1.807, 2.05) is 11.9 Å². The molecule has 100 valence electrons. The van der Waals surface area contributed by atoms with E-state index in [-0.39, 0.29) is 5.41 Å². The number of alkyl halides is 1. The van der Waals surface area contributed by atoms with Crippen molar-refractivity contribution in [2.24, 2.45) is 5.41 Å². The maximum atomic E-state index is 12.4. The molecular weight excluding hydrogens is 278 g/mol. The first-order chi connectivity index (χ1) is 8.10. The second kappa shape index (κ2) is 7.40. The van der Waals surface area contributed by atoms with E-state index in [1.165, 1.54) is 32.1 Å². The van der Waals surface area contributed by atoms with Crippen LogP contribution in [0.2, 0.25) is 0 Å². The van der Waals surface area contributed by atoms with Crippen LogP contribution in [0.4, 0.5) is 0 Å². The molecule has 3 heteroatoms. The second-order valence-corrected chi connectivity index (χ2v) is 6.39. The monoisotopic (exact) mass is 303 g/mol. The first-order valence-corrected chi connectivity index (χ1v) is 8.04. The van der Waals surface area contributed by atoms with Crippen molar-refractivity contribution in [3.63, 3.8) is 0 Å². The minimum Gasteiger partial charge on any atom is -0.345 e. The summed E-state index contributed by atoms with van der Waals surface area (Å²) in [4.78, 5) is 14.4. The fourth-order valence-electron chi connectivity index (χ4n) is 2.73. The van der Waals surface area contributed by atoms with Crippen molar-refractivity contribution < 1.29 is 4.79 Å². The minimum atomic E-state index is -0.0670. The van der Waals surface area contributed by atoms with Crippen molar-refractivity contribution in [2.45, 2.75) is 58.3 Å². The summed E-state index contributed by atoms with van der Waals surface area (Å²) >= 11 is 3.44. The molecular formula is C14H26BrNO. The van der Waals surface area contributed by atoms with Gasteiger partial charge in [0.15, 0.2) is 0 Å². The van der Waals surface area contributed by atoms with Crippen LogP contribution in [0.1, 0.15) is 58.3 Å². The van der Waals surface area contributed by atoms with Crippen molar-refractivity contribution in [3.8, 4) is 0 Å². The van der Waals surface area contributed by atoms with Crippen molar-refractivity contribution in [1.82, 2.24) is 4.90 Å². The molecule has 2 nitrogen and oxygen atoms in total. The average Bonchev–Trinajstić information content (AvgIpc) is 2.34. The molecule has 0 aliphatic heterocycles. The molecule has 1 rings (SSSR count). The molecule has 17 heavy (non-hydrogen) atoms.